The quantitative estimate of drug-likeness (QED) is 0.635. The van der Waals surface area contributed by atoms with Crippen LogP contribution in [0.2, 0.25) is 0 Å². The summed E-state index contributed by atoms with van der Waals surface area (Å²) in [7, 11) is 0. The van der Waals surface area contributed by atoms with Crippen molar-refractivity contribution in [2.75, 3.05) is 0 Å². The van der Waals surface area contributed by atoms with Crippen molar-refractivity contribution in [3.63, 3.8) is 0 Å². The first kappa shape index (κ1) is 16.2. The Labute approximate surface area is 127 Å². The zero-order chi connectivity index (χ0) is 17.3. The minimum Gasteiger partial charge on any atom is -0.236 e. The minimum atomic E-state index is -6.26. The fraction of sp³-hybridized carbons (Fsp3) is 0.308. The molecule has 124 valence electrons. The first-order valence-corrected chi connectivity index (χ1v) is 6.84. The zero-order valence-corrected chi connectivity index (χ0v) is 11.6. The van der Waals surface area contributed by atoms with Crippen LogP contribution in [0.3, 0.4) is 0 Å². The van der Waals surface area contributed by atoms with Crippen LogP contribution in [0.5, 0.6) is 0 Å². The van der Waals surface area contributed by atoms with Crippen molar-refractivity contribution in [2.45, 2.75) is 23.7 Å². The predicted molar refractivity (Wildman–Crippen MR) is 67.4 cm³/mol. The SMILES string of the molecule is FC1(F)C=C(c2nc3ccccc3s2)C(F)(F)C(F)(F)C1(F)F. The standard InChI is InChI=1S/C13H5F8NS/c14-10(15)5-6(11(16,17)13(20,21)12(10,18)19)9-22-7-3-1-2-4-8(7)23-9/h1-5H. The molecule has 0 saturated heterocycles. The van der Waals surface area contributed by atoms with E-state index in [2.05, 4.69) is 4.98 Å². The largest absolute Gasteiger partial charge is 0.383 e. The van der Waals surface area contributed by atoms with E-state index < -0.39 is 40.3 Å². The van der Waals surface area contributed by atoms with E-state index in [-0.39, 0.29) is 10.2 Å². The van der Waals surface area contributed by atoms with E-state index in [1.807, 2.05) is 0 Å². The maximum absolute atomic E-state index is 13.8. The van der Waals surface area contributed by atoms with Gasteiger partial charge in [-0.15, -0.1) is 11.3 Å². The van der Waals surface area contributed by atoms with Crippen molar-refractivity contribution in [1.82, 2.24) is 4.98 Å². The summed E-state index contributed by atoms with van der Waals surface area (Å²) in [6.45, 7) is 0. The number of halogens is 8. The summed E-state index contributed by atoms with van der Waals surface area (Å²) in [5.41, 5.74) is -1.80. The lowest BCUT2D eigenvalue weighted by Crippen LogP contribution is -2.64. The zero-order valence-electron chi connectivity index (χ0n) is 10.8. The number of hydrogen-bond donors (Lipinski definition) is 0. The van der Waals surface area contributed by atoms with Gasteiger partial charge in [0.05, 0.1) is 15.8 Å². The molecule has 10 heteroatoms. The van der Waals surface area contributed by atoms with Crippen molar-refractivity contribution < 1.29 is 35.1 Å². The smallest absolute Gasteiger partial charge is 0.236 e. The summed E-state index contributed by atoms with van der Waals surface area (Å²) in [6.07, 6.45) is -0.817. The van der Waals surface area contributed by atoms with Gasteiger partial charge in [-0.05, 0) is 12.1 Å². The molecule has 0 bridgehead atoms. The lowest BCUT2D eigenvalue weighted by atomic mass is 9.86. The van der Waals surface area contributed by atoms with Crippen LogP contribution in [0.25, 0.3) is 15.8 Å². The highest BCUT2D eigenvalue weighted by Crippen LogP contribution is 2.61. The number of alkyl halides is 8. The van der Waals surface area contributed by atoms with Crippen LogP contribution in [-0.2, 0) is 0 Å². The third-order valence-electron chi connectivity index (χ3n) is 3.40. The van der Waals surface area contributed by atoms with Gasteiger partial charge in [0.2, 0.25) is 0 Å². The molecule has 0 unspecified atom stereocenters. The molecule has 0 aliphatic heterocycles. The van der Waals surface area contributed by atoms with E-state index >= 15 is 0 Å². The molecule has 1 aliphatic rings. The second kappa shape index (κ2) is 4.43. The molecule has 1 heterocycles. The fourth-order valence-electron chi connectivity index (χ4n) is 2.12. The fourth-order valence-corrected chi connectivity index (χ4v) is 3.14. The summed E-state index contributed by atoms with van der Waals surface area (Å²) in [5.74, 6) is -23.4. The molecule has 23 heavy (non-hydrogen) atoms. The maximum Gasteiger partial charge on any atom is 0.383 e. The second-order valence-electron chi connectivity index (χ2n) is 4.89. The Hall–Kier alpha value is -1.71. The molecule has 0 atom stereocenters. The van der Waals surface area contributed by atoms with E-state index in [1.165, 1.54) is 24.3 Å². The number of nitrogens with zero attached hydrogens (tertiary/aromatic N) is 1. The van der Waals surface area contributed by atoms with Gasteiger partial charge in [0.1, 0.15) is 5.01 Å². The van der Waals surface area contributed by atoms with Crippen LogP contribution >= 0.6 is 11.3 Å². The highest BCUT2D eigenvalue weighted by molar-refractivity contribution is 7.19. The second-order valence-corrected chi connectivity index (χ2v) is 5.92. The Morgan fingerprint density at radius 3 is 2.04 bits per heavy atom. The summed E-state index contributed by atoms with van der Waals surface area (Å²) in [4.78, 5) is 3.57. The molecule has 0 N–H and O–H groups in total. The minimum absolute atomic E-state index is 0.105. The first-order chi connectivity index (χ1) is 10.4. The third kappa shape index (κ3) is 1.93. The van der Waals surface area contributed by atoms with E-state index in [0.717, 1.165) is 0 Å². The normalized spacial score (nSPS) is 24.4. The van der Waals surface area contributed by atoms with Crippen LogP contribution in [0.1, 0.15) is 5.01 Å². The number of thiazole rings is 1. The first-order valence-electron chi connectivity index (χ1n) is 6.02. The van der Waals surface area contributed by atoms with Crippen molar-refractivity contribution in [3.05, 3.63) is 35.3 Å². The van der Waals surface area contributed by atoms with Crippen LogP contribution in [0, 0.1) is 0 Å². The molecule has 2 aromatic rings. The number of para-hydroxylation sites is 1. The van der Waals surface area contributed by atoms with Crippen molar-refractivity contribution in [3.8, 4) is 0 Å². The van der Waals surface area contributed by atoms with Crippen LogP contribution in [-0.4, -0.2) is 28.7 Å². The van der Waals surface area contributed by atoms with Gasteiger partial charge in [-0.25, -0.2) is 4.98 Å². The molecule has 0 amide bonds. The molecule has 3 rings (SSSR count). The number of hydrogen-bond acceptors (Lipinski definition) is 2. The molecular formula is C13H5F8NS. The summed E-state index contributed by atoms with van der Waals surface area (Å²) in [6, 6.07) is 5.72. The summed E-state index contributed by atoms with van der Waals surface area (Å²) >= 11 is 0.437. The van der Waals surface area contributed by atoms with Gasteiger partial charge in [-0.1, -0.05) is 12.1 Å². The highest BCUT2D eigenvalue weighted by atomic mass is 32.1. The van der Waals surface area contributed by atoms with Crippen LogP contribution < -0.4 is 0 Å². The molecule has 1 nitrogen and oxygen atoms in total. The summed E-state index contributed by atoms with van der Waals surface area (Å²) in [5, 5.41) is -0.856. The van der Waals surface area contributed by atoms with Crippen molar-refractivity contribution in [1.29, 1.82) is 0 Å². The van der Waals surface area contributed by atoms with Crippen molar-refractivity contribution >= 4 is 27.1 Å². The average molecular weight is 359 g/mol. The molecule has 1 aliphatic carbocycles. The Bertz CT molecular complexity index is 774. The third-order valence-corrected chi connectivity index (χ3v) is 4.47. The number of benzene rings is 1. The lowest BCUT2D eigenvalue weighted by Gasteiger charge is -2.40. The molecule has 1 aromatic carbocycles. The van der Waals surface area contributed by atoms with Gasteiger partial charge < -0.3 is 0 Å². The molecule has 0 radical (unpaired) electrons. The topological polar surface area (TPSA) is 12.9 Å². The molecule has 0 fully saturated rings. The van der Waals surface area contributed by atoms with Gasteiger partial charge >= 0.3 is 23.7 Å². The number of rotatable bonds is 1. The van der Waals surface area contributed by atoms with Gasteiger partial charge in [0.15, 0.2) is 0 Å². The van der Waals surface area contributed by atoms with E-state index in [0.29, 0.717) is 11.3 Å². The van der Waals surface area contributed by atoms with E-state index in [4.69, 9.17) is 0 Å². The van der Waals surface area contributed by atoms with Gasteiger partial charge in [-0.3, -0.25) is 0 Å². The number of allylic oxidation sites excluding steroid dienone is 2. The monoisotopic (exact) mass is 359 g/mol. The molecule has 0 spiro atoms. The Morgan fingerprint density at radius 2 is 1.43 bits per heavy atom. The average Bonchev–Trinajstić information content (AvgIpc) is 2.86. The molecule has 1 aromatic heterocycles. The highest BCUT2D eigenvalue weighted by Gasteiger charge is 2.84. The maximum atomic E-state index is 13.8. The lowest BCUT2D eigenvalue weighted by molar-refractivity contribution is -0.348. The van der Waals surface area contributed by atoms with Gasteiger partial charge in [0.25, 0.3) is 0 Å². The molecular weight excluding hydrogens is 354 g/mol. The Morgan fingerprint density at radius 1 is 0.826 bits per heavy atom. The summed E-state index contributed by atoms with van der Waals surface area (Å²) < 4.78 is 108. The Balaban J connectivity index is 2.27. The van der Waals surface area contributed by atoms with Crippen LogP contribution in [0.15, 0.2) is 30.3 Å². The van der Waals surface area contributed by atoms with Gasteiger partial charge in [0, 0.05) is 6.08 Å². The van der Waals surface area contributed by atoms with Crippen LogP contribution in [0.4, 0.5) is 35.1 Å². The molecule has 0 saturated carbocycles. The van der Waals surface area contributed by atoms with E-state index in [1.54, 1.807) is 0 Å². The number of aromatic nitrogens is 1. The van der Waals surface area contributed by atoms with E-state index in [9.17, 15) is 35.1 Å². The van der Waals surface area contributed by atoms with Crippen molar-refractivity contribution in [2.24, 2.45) is 0 Å². The number of fused-ring (bicyclic) bond motifs is 1. The van der Waals surface area contributed by atoms with Gasteiger partial charge in [-0.2, -0.15) is 35.1 Å². The predicted octanol–water partition coefficient (Wildman–Crippen LogP) is 5.23. The Kier molecular flexibility index (Phi) is 3.11.